The summed E-state index contributed by atoms with van der Waals surface area (Å²) in [6, 6.07) is 6.82. The first kappa shape index (κ1) is 17.7. The van der Waals surface area contributed by atoms with Gasteiger partial charge in [0.15, 0.2) is 5.58 Å². The number of hydrogen-bond acceptors (Lipinski definition) is 7. The van der Waals surface area contributed by atoms with Crippen LogP contribution in [0.1, 0.15) is 26.5 Å². The first-order chi connectivity index (χ1) is 11.1. The number of aromatic nitrogens is 1. The molecule has 10 nitrogen and oxygen atoms in total. The van der Waals surface area contributed by atoms with Gasteiger partial charge in [-0.15, -0.1) is 0 Å². The van der Waals surface area contributed by atoms with Crippen molar-refractivity contribution in [2.24, 2.45) is 15.6 Å². The maximum Gasteiger partial charge on any atom is 0.425 e. The van der Waals surface area contributed by atoms with Crippen molar-refractivity contribution in [3.63, 3.8) is 0 Å². The van der Waals surface area contributed by atoms with Crippen molar-refractivity contribution in [1.29, 1.82) is 0 Å². The zero-order chi connectivity index (χ0) is 18.0. The molecular weight excluding hydrogens is 338 g/mol. The normalized spacial score (nSPS) is 12.6. The number of carbonyl (C=O) groups excluding carboxylic acids is 1. The van der Waals surface area contributed by atoms with E-state index in [0.717, 1.165) is 0 Å². The van der Waals surface area contributed by atoms with Gasteiger partial charge in [-0.1, -0.05) is 22.5 Å². The summed E-state index contributed by atoms with van der Waals surface area (Å²) in [5.41, 5.74) is -0.224. The van der Waals surface area contributed by atoms with Crippen molar-refractivity contribution in [1.82, 2.24) is 9.46 Å². The number of fused-ring (bicyclic) bond motifs is 1. The second-order valence-corrected chi connectivity index (χ2v) is 7.29. The fourth-order valence-corrected chi connectivity index (χ4v) is 2.56. The standard InChI is InChI=1S/C13H17N5O5S/c1-13(2,3)22-12(19)18(24(20,21)17-16-14)8-10-9-6-4-5-7-11(9)23-15-10/h4-7H,8H2,1-3H3,(H2,14,17). The molecule has 0 saturated heterocycles. The molecule has 130 valence electrons. The first-order valence-electron chi connectivity index (χ1n) is 6.85. The Morgan fingerprint density at radius 1 is 1.38 bits per heavy atom. The van der Waals surface area contributed by atoms with Crippen LogP contribution in [-0.4, -0.2) is 29.6 Å². The van der Waals surface area contributed by atoms with Crippen molar-refractivity contribution in [2.75, 3.05) is 0 Å². The lowest BCUT2D eigenvalue weighted by molar-refractivity contribution is 0.0379. The number of rotatable bonds is 4. The third kappa shape index (κ3) is 3.98. The number of para-hydroxylation sites is 1. The molecule has 0 aliphatic heterocycles. The number of carbonyl (C=O) groups is 1. The molecule has 2 N–H and O–H groups in total. The van der Waals surface area contributed by atoms with E-state index >= 15 is 0 Å². The Kier molecular flexibility index (Phi) is 4.73. The molecule has 0 aliphatic rings. The van der Waals surface area contributed by atoms with Crippen LogP contribution >= 0.6 is 0 Å². The van der Waals surface area contributed by atoms with Crippen LogP contribution in [0.4, 0.5) is 4.79 Å². The number of amides is 1. The largest absolute Gasteiger partial charge is 0.443 e. The summed E-state index contributed by atoms with van der Waals surface area (Å²) in [5, 5.41) is 7.10. The van der Waals surface area contributed by atoms with Gasteiger partial charge < -0.3 is 15.1 Å². The number of hydrogen-bond donors (Lipinski definition) is 1. The van der Waals surface area contributed by atoms with Gasteiger partial charge in [0.05, 0.1) is 6.54 Å². The van der Waals surface area contributed by atoms with E-state index < -0.39 is 28.4 Å². The van der Waals surface area contributed by atoms with Gasteiger partial charge in [0.2, 0.25) is 0 Å². The summed E-state index contributed by atoms with van der Waals surface area (Å²) in [6.45, 7) is 4.37. The molecule has 1 amide bonds. The summed E-state index contributed by atoms with van der Waals surface area (Å²) in [7, 11) is -4.48. The molecule has 24 heavy (non-hydrogen) atoms. The van der Waals surface area contributed by atoms with E-state index in [1.54, 1.807) is 45.0 Å². The van der Waals surface area contributed by atoms with Crippen molar-refractivity contribution in [3.8, 4) is 0 Å². The van der Waals surface area contributed by atoms with Gasteiger partial charge in [0, 0.05) is 5.39 Å². The molecule has 0 unspecified atom stereocenters. The molecule has 0 bridgehead atoms. The SMILES string of the molecule is CC(C)(C)OC(=O)N(Cc1noc2ccccc12)S(=O)(=O)N=NN. The predicted octanol–water partition coefficient (Wildman–Crippen LogP) is 2.14. The fourth-order valence-electron chi connectivity index (χ4n) is 1.84. The Labute approximate surface area is 138 Å². The minimum atomic E-state index is -4.48. The molecule has 0 fully saturated rings. The van der Waals surface area contributed by atoms with E-state index in [1.165, 1.54) is 0 Å². The molecule has 0 spiro atoms. The van der Waals surface area contributed by atoms with E-state index in [1.807, 2.05) is 0 Å². The van der Waals surface area contributed by atoms with E-state index in [4.69, 9.17) is 15.1 Å². The molecule has 0 atom stereocenters. The van der Waals surface area contributed by atoms with Gasteiger partial charge in [-0.2, -0.15) is 12.7 Å². The molecule has 0 aliphatic carbocycles. The molecule has 1 heterocycles. The zero-order valence-corrected chi connectivity index (χ0v) is 14.1. The zero-order valence-electron chi connectivity index (χ0n) is 13.3. The van der Waals surface area contributed by atoms with Gasteiger partial charge >= 0.3 is 16.3 Å². The highest BCUT2D eigenvalue weighted by Gasteiger charge is 2.33. The minimum Gasteiger partial charge on any atom is -0.443 e. The van der Waals surface area contributed by atoms with Gasteiger partial charge in [0.1, 0.15) is 11.3 Å². The Balaban J connectivity index is 2.41. The monoisotopic (exact) mass is 355 g/mol. The van der Waals surface area contributed by atoms with Crippen LogP contribution in [0.3, 0.4) is 0 Å². The third-order valence-electron chi connectivity index (χ3n) is 2.77. The Morgan fingerprint density at radius 3 is 2.67 bits per heavy atom. The van der Waals surface area contributed by atoms with Crippen LogP contribution in [0.5, 0.6) is 0 Å². The van der Waals surface area contributed by atoms with E-state index in [-0.39, 0.29) is 5.69 Å². The van der Waals surface area contributed by atoms with Crippen LogP contribution in [-0.2, 0) is 21.5 Å². The van der Waals surface area contributed by atoms with Crippen LogP contribution < -0.4 is 5.84 Å². The topological polar surface area (TPSA) is 140 Å². The maximum absolute atomic E-state index is 12.3. The fraction of sp³-hybridized carbons (Fsp3) is 0.385. The summed E-state index contributed by atoms with van der Waals surface area (Å²) < 4.78 is 37.8. The Hall–Kier alpha value is -2.69. The summed E-state index contributed by atoms with van der Waals surface area (Å²) in [5.74, 6) is 4.81. The lowest BCUT2D eigenvalue weighted by Gasteiger charge is -2.24. The van der Waals surface area contributed by atoms with Crippen LogP contribution in [0.15, 0.2) is 38.5 Å². The Bertz CT molecular complexity index is 868. The lowest BCUT2D eigenvalue weighted by atomic mass is 10.2. The second kappa shape index (κ2) is 6.43. The molecule has 2 rings (SSSR count). The van der Waals surface area contributed by atoms with E-state index in [0.29, 0.717) is 15.3 Å². The number of ether oxygens (including phenoxy) is 1. The quantitative estimate of drug-likeness (QED) is 0.503. The number of nitrogens with two attached hydrogens (primary N) is 1. The average molecular weight is 355 g/mol. The van der Waals surface area contributed by atoms with Gasteiger partial charge in [-0.25, -0.2) is 4.79 Å². The summed E-state index contributed by atoms with van der Waals surface area (Å²) in [6.07, 6.45) is -1.12. The second-order valence-electron chi connectivity index (χ2n) is 5.79. The molecule has 1 aromatic carbocycles. The molecular formula is C13H17N5O5S. The molecule has 11 heteroatoms. The smallest absolute Gasteiger partial charge is 0.425 e. The summed E-state index contributed by atoms with van der Waals surface area (Å²) in [4.78, 5) is 12.3. The van der Waals surface area contributed by atoms with E-state index in [9.17, 15) is 13.2 Å². The van der Waals surface area contributed by atoms with Crippen molar-refractivity contribution in [3.05, 3.63) is 30.0 Å². The molecule has 1 aromatic heterocycles. The van der Waals surface area contributed by atoms with Crippen molar-refractivity contribution in [2.45, 2.75) is 32.9 Å². The summed E-state index contributed by atoms with van der Waals surface area (Å²) >= 11 is 0. The van der Waals surface area contributed by atoms with Gasteiger partial charge in [0.25, 0.3) is 0 Å². The first-order valence-corrected chi connectivity index (χ1v) is 8.25. The van der Waals surface area contributed by atoms with Crippen LogP contribution in [0, 0.1) is 0 Å². The Morgan fingerprint density at radius 2 is 2.04 bits per heavy atom. The van der Waals surface area contributed by atoms with Gasteiger partial charge in [-0.05, 0) is 37.4 Å². The molecule has 0 saturated carbocycles. The van der Waals surface area contributed by atoms with Crippen LogP contribution in [0.25, 0.3) is 11.0 Å². The maximum atomic E-state index is 12.3. The lowest BCUT2D eigenvalue weighted by Crippen LogP contribution is -2.39. The highest BCUT2D eigenvalue weighted by Crippen LogP contribution is 2.22. The van der Waals surface area contributed by atoms with E-state index in [2.05, 4.69) is 14.9 Å². The van der Waals surface area contributed by atoms with Crippen molar-refractivity contribution < 1.29 is 22.5 Å². The number of benzene rings is 1. The van der Waals surface area contributed by atoms with Gasteiger partial charge in [-0.3, -0.25) is 0 Å². The molecule has 2 aromatic rings. The minimum absolute atomic E-state index is 0.229. The van der Waals surface area contributed by atoms with Crippen LogP contribution in [0.2, 0.25) is 0 Å². The molecule has 0 radical (unpaired) electrons. The third-order valence-corrected chi connectivity index (χ3v) is 3.91. The predicted molar refractivity (Wildman–Crippen MR) is 83.7 cm³/mol. The number of nitrogens with zero attached hydrogens (tertiary/aromatic N) is 4. The van der Waals surface area contributed by atoms with Crippen molar-refractivity contribution >= 4 is 27.3 Å². The highest BCUT2D eigenvalue weighted by atomic mass is 32.2. The highest BCUT2D eigenvalue weighted by molar-refractivity contribution is 7.88. The average Bonchev–Trinajstić information content (AvgIpc) is 2.85.